The van der Waals surface area contributed by atoms with Gasteiger partial charge in [0.1, 0.15) is 12.1 Å². The Hall–Kier alpha value is -1.10. The van der Waals surface area contributed by atoms with Crippen LogP contribution in [0.4, 0.5) is 4.39 Å². The van der Waals surface area contributed by atoms with Gasteiger partial charge in [-0.1, -0.05) is 28.4 Å². The van der Waals surface area contributed by atoms with E-state index in [1.165, 1.54) is 18.4 Å². The van der Waals surface area contributed by atoms with Gasteiger partial charge in [-0.15, -0.1) is 0 Å². The average molecular weight is 289 g/mol. The third-order valence-electron chi connectivity index (χ3n) is 2.59. The lowest BCUT2D eigenvalue weighted by atomic mass is 10.1. The highest BCUT2D eigenvalue weighted by Crippen LogP contribution is 2.28. The van der Waals surface area contributed by atoms with E-state index in [0.29, 0.717) is 17.1 Å². The van der Waals surface area contributed by atoms with Gasteiger partial charge >= 0.3 is 0 Å². The highest BCUT2D eigenvalue weighted by Gasteiger charge is 2.13. The molecule has 0 aliphatic rings. The molecule has 96 valence electrons. The van der Waals surface area contributed by atoms with Gasteiger partial charge in [0.05, 0.1) is 10.7 Å². The lowest BCUT2D eigenvalue weighted by Gasteiger charge is -2.15. The van der Waals surface area contributed by atoms with E-state index >= 15 is 0 Å². The number of nitrogens with zero attached hydrogens (tertiary/aromatic N) is 1. The van der Waals surface area contributed by atoms with Crippen LogP contribution in [0.1, 0.15) is 24.2 Å². The Kier molecular flexibility index (Phi) is 4.22. The van der Waals surface area contributed by atoms with Crippen molar-refractivity contribution in [2.45, 2.75) is 19.5 Å². The molecule has 2 aromatic rings. The molecule has 1 aromatic carbocycles. The first-order chi connectivity index (χ1) is 8.58. The summed E-state index contributed by atoms with van der Waals surface area (Å²) in [6.45, 7) is 2.40. The quantitative estimate of drug-likeness (QED) is 0.865. The molecule has 0 aliphatic heterocycles. The summed E-state index contributed by atoms with van der Waals surface area (Å²) in [6.07, 6.45) is 1.50. The van der Waals surface area contributed by atoms with Crippen LogP contribution in [-0.2, 0) is 6.54 Å². The number of aromatic nitrogens is 1. The maximum atomic E-state index is 13.4. The summed E-state index contributed by atoms with van der Waals surface area (Å²) in [7, 11) is 0. The molecule has 0 bridgehead atoms. The largest absolute Gasteiger partial charge is 0.364 e. The summed E-state index contributed by atoms with van der Waals surface area (Å²) < 4.78 is 18.1. The molecule has 1 unspecified atom stereocenters. The van der Waals surface area contributed by atoms with Crippen LogP contribution in [0.15, 0.2) is 29.0 Å². The van der Waals surface area contributed by atoms with Crippen molar-refractivity contribution < 1.29 is 8.91 Å². The number of benzene rings is 1. The monoisotopic (exact) mass is 288 g/mol. The fraction of sp³-hybridized carbons (Fsp3) is 0.250. The van der Waals surface area contributed by atoms with E-state index in [1.54, 1.807) is 6.07 Å². The molecule has 0 amide bonds. The first-order valence-corrected chi connectivity index (χ1v) is 6.10. The van der Waals surface area contributed by atoms with Gasteiger partial charge in [-0.05, 0) is 24.6 Å². The van der Waals surface area contributed by atoms with Crippen molar-refractivity contribution in [3.63, 3.8) is 0 Å². The van der Waals surface area contributed by atoms with E-state index in [2.05, 4.69) is 10.5 Å². The molecule has 1 aromatic heterocycles. The van der Waals surface area contributed by atoms with E-state index < -0.39 is 5.82 Å². The van der Waals surface area contributed by atoms with E-state index in [-0.39, 0.29) is 11.1 Å². The molecule has 1 N–H and O–H groups in total. The third-order valence-corrected chi connectivity index (χ3v) is 3.20. The molecular formula is C12H11Cl2FN2O. The van der Waals surface area contributed by atoms with Crippen molar-refractivity contribution in [1.82, 2.24) is 10.5 Å². The number of nitrogens with one attached hydrogen (secondary N) is 1. The van der Waals surface area contributed by atoms with Crippen LogP contribution in [-0.4, -0.2) is 5.16 Å². The van der Waals surface area contributed by atoms with Crippen molar-refractivity contribution in [2.75, 3.05) is 0 Å². The predicted octanol–water partition coefficient (Wildman–Crippen LogP) is 3.97. The molecule has 18 heavy (non-hydrogen) atoms. The Morgan fingerprint density at radius 3 is 2.83 bits per heavy atom. The van der Waals surface area contributed by atoms with Gasteiger partial charge in [0, 0.05) is 23.7 Å². The highest BCUT2D eigenvalue weighted by molar-refractivity contribution is 6.35. The van der Waals surface area contributed by atoms with Gasteiger partial charge in [0.25, 0.3) is 0 Å². The lowest BCUT2D eigenvalue weighted by molar-refractivity contribution is 0.406. The lowest BCUT2D eigenvalue weighted by Crippen LogP contribution is -2.18. The highest BCUT2D eigenvalue weighted by atomic mass is 35.5. The van der Waals surface area contributed by atoms with Crippen LogP contribution in [0, 0.1) is 5.82 Å². The van der Waals surface area contributed by atoms with Crippen LogP contribution in [0.5, 0.6) is 0 Å². The van der Waals surface area contributed by atoms with Gasteiger partial charge in [-0.3, -0.25) is 0 Å². The van der Waals surface area contributed by atoms with Gasteiger partial charge in [0.2, 0.25) is 0 Å². The number of halogens is 3. The van der Waals surface area contributed by atoms with Crippen LogP contribution in [0.2, 0.25) is 10.0 Å². The first-order valence-electron chi connectivity index (χ1n) is 5.35. The minimum atomic E-state index is -0.480. The molecule has 6 heteroatoms. The molecule has 0 radical (unpaired) electrons. The van der Waals surface area contributed by atoms with Crippen molar-refractivity contribution in [3.05, 3.63) is 51.6 Å². The van der Waals surface area contributed by atoms with Crippen LogP contribution < -0.4 is 5.32 Å². The summed E-state index contributed by atoms with van der Waals surface area (Å²) >= 11 is 11.7. The molecular weight excluding hydrogens is 278 g/mol. The van der Waals surface area contributed by atoms with E-state index in [9.17, 15) is 4.39 Å². The van der Waals surface area contributed by atoms with Crippen LogP contribution in [0.3, 0.4) is 0 Å². The summed E-state index contributed by atoms with van der Waals surface area (Å²) in [6, 6.07) is 4.37. The summed E-state index contributed by atoms with van der Waals surface area (Å²) in [4.78, 5) is 0. The molecule has 0 saturated carbocycles. The molecule has 0 saturated heterocycles. The molecule has 1 heterocycles. The number of hydrogen-bond donors (Lipinski definition) is 1. The normalized spacial score (nSPS) is 12.7. The fourth-order valence-corrected chi connectivity index (χ4v) is 2.11. The molecule has 2 rings (SSSR count). The first kappa shape index (κ1) is 13.3. The Labute approximate surface area is 114 Å². The second-order valence-electron chi connectivity index (χ2n) is 3.88. The Morgan fingerprint density at radius 2 is 2.17 bits per heavy atom. The molecule has 0 fully saturated rings. The zero-order chi connectivity index (χ0) is 13.1. The van der Waals surface area contributed by atoms with Crippen molar-refractivity contribution >= 4 is 23.2 Å². The second kappa shape index (κ2) is 5.69. The zero-order valence-electron chi connectivity index (χ0n) is 9.58. The minimum absolute atomic E-state index is 0.0208. The molecule has 3 nitrogen and oxygen atoms in total. The van der Waals surface area contributed by atoms with Gasteiger partial charge < -0.3 is 9.84 Å². The van der Waals surface area contributed by atoms with E-state index in [4.69, 9.17) is 27.7 Å². The fourth-order valence-electron chi connectivity index (χ4n) is 1.57. The molecule has 0 aliphatic carbocycles. The Balaban J connectivity index is 2.09. The summed E-state index contributed by atoms with van der Waals surface area (Å²) in [5, 5.41) is 7.40. The maximum Gasteiger partial charge on any atom is 0.142 e. The topological polar surface area (TPSA) is 38.1 Å². The van der Waals surface area contributed by atoms with Crippen LogP contribution in [0.25, 0.3) is 0 Å². The van der Waals surface area contributed by atoms with E-state index in [0.717, 1.165) is 5.69 Å². The number of rotatable bonds is 4. The van der Waals surface area contributed by atoms with Gasteiger partial charge in [-0.2, -0.15) is 0 Å². The molecule has 1 atom stereocenters. The minimum Gasteiger partial charge on any atom is -0.364 e. The Bertz CT molecular complexity index is 531. The standard InChI is InChI=1S/C12H11Cl2FN2O/c1-7(16-6-8-2-3-18-17-8)9-4-12(15)11(14)5-10(9)13/h2-5,7,16H,6H2,1H3. The van der Waals surface area contributed by atoms with Crippen molar-refractivity contribution in [3.8, 4) is 0 Å². The van der Waals surface area contributed by atoms with Gasteiger partial charge in [-0.25, -0.2) is 4.39 Å². The smallest absolute Gasteiger partial charge is 0.142 e. The second-order valence-corrected chi connectivity index (χ2v) is 4.70. The predicted molar refractivity (Wildman–Crippen MR) is 68.2 cm³/mol. The molecule has 0 spiro atoms. The van der Waals surface area contributed by atoms with E-state index in [1.807, 2.05) is 6.92 Å². The maximum absolute atomic E-state index is 13.4. The zero-order valence-corrected chi connectivity index (χ0v) is 11.1. The SMILES string of the molecule is CC(NCc1ccon1)c1cc(F)c(Cl)cc1Cl. The number of hydrogen-bond acceptors (Lipinski definition) is 3. The third kappa shape index (κ3) is 3.02. The Morgan fingerprint density at radius 1 is 1.39 bits per heavy atom. The van der Waals surface area contributed by atoms with Crippen LogP contribution >= 0.6 is 23.2 Å². The average Bonchev–Trinajstić information content (AvgIpc) is 2.84. The summed E-state index contributed by atoms with van der Waals surface area (Å²) in [5.74, 6) is -0.480. The van der Waals surface area contributed by atoms with Crippen molar-refractivity contribution in [2.24, 2.45) is 0 Å². The summed E-state index contributed by atoms with van der Waals surface area (Å²) in [5.41, 5.74) is 1.43. The van der Waals surface area contributed by atoms with Gasteiger partial charge in [0.15, 0.2) is 0 Å². The van der Waals surface area contributed by atoms with Crippen molar-refractivity contribution in [1.29, 1.82) is 0 Å².